The van der Waals surface area contributed by atoms with Crippen LogP contribution >= 0.6 is 23.2 Å². The van der Waals surface area contributed by atoms with E-state index >= 15 is 0 Å². The molecule has 0 aromatic carbocycles. The molecule has 0 bridgehead atoms. The lowest BCUT2D eigenvalue weighted by molar-refractivity contribution is -0.338. The molecule has 0 spiro atoms. The summed E-state index contributed by atoms with van der Waals surface area (Å²) in [5.74, 6) is -3.84. The van der Waals surface area contributed by atoms with Gasteiger partial charge in [0.25, 0.3) is 5.91 Å². The number of amides is 2. The third-order valence-electron chi connectivity index (χ3n) is 10.6. The minimum atomic E-state index is -1.86. The summed E-state index contributed by atoms with van der Waals surface area (Å²) in [5, 5.41) is 65.2. The van der Waals surface area contributed by atoms with Gasteiger partial charge in [-0.2, -0.15) is 0 Å². The molecule has 5 fully saturated rings. The fourth-order valence-electron chi connectivity index (χ4n) is 7.34. The maximum Gasteiger partial charge on any atom is 0.264 e. The lowest BCUT2D eigenvalue weighted by atomic mass is 10.0. The first-order valence-electron chi connectivity index (χ1n) is 19.9. The molecule has 20 heteroatoms. The van der Waals surface area contributed by atoms with Gasteiger partial charge in [-0.1, -0.05) is 72.4 Å². The fraction of sp³-hybridized carbons (Fsp3) is 0.548. The number of nitrogens with zero attached hydrogens (tertiary/aromatic N) is 1. The topological polar surface area (TPSA) is 266 Å². The number of likely N-dealkylation sites (tertiary alicyclic amines) is 1. The zero-order valence-corrected chi connectivity index (χ0v) is 35.6. The normalized spacial score (nSPS) is 39.7. The highest BCUT2D eigenvalue weighted by atomic mass is 35.5. The van der Waals surface area contributed by atoms with Crippen LogP contribution in [-0.2, 0) is 47.5 Å². The number of allylic oxidation sites excluding steroid dienone is 13. The van der Waals surface area contributed by atoms with Crippen LogP contribution in [0.5, 0.6) is 0 Å². The largest absolute Gasteiger partial charge is 0.507 e. The summed E-state index contributed by atoms with van der Waals surface area (Å²) in [6, 6.07) is -1.63. The second kappa shape index (κ2) is 22.9. The van der Waals surface area contributed by atoms with Gasteiger partial charge in [0, 0.05) is 12.1 Å². The van der Waals surface area contributed by atoms with Crippen molar-refractivity contribution in [3.63, 3.8) is 0 Å². The van der Waals surface area contributed by atoms with Crippen LogP contribution in [0.15, 0.2) is 95.4 Å². The quantitative estimate of drug-likeness (QED) is 0.0370. The van der Waals surface area contributed by atoms with E-state index in [1.165, 1.54) is 19.3 Å². The predicted molar refractivity (Wildman–Crippen MR) is 221 cm³/mol. The van der Waals surface area contributed by atoms with Gasteiger partial charge in [0.15, 0.2) is 24.6 Å². The number of halogens is 2. The number of rotatable bonds is 16. The number of Topliss-reactive ketones (excluding diaryl/α,β-unsaturated/α-hetero) is 1. The van der Waals surface area contributed by atoms with Crippen molar-refractivity contribution < 1.29 is 78.2 Å². The smallest absolute Gasteiger partial charge is 0.264 e. The molecule has 16 atom stereocenters. The Kier molecular flexibility index (Phi) is 18.2. The fourth-order valence-corrected chi connectivity index (χ4v) is 7.88. The van der Waals surface area contributed by atoms with E-state index in [0.717, 1.165) is 17.4 Å². The summed E-state index contributed by atoms with van der Waals surface area (Å²) >= 11 is 12.5. The van der Waals surface area contributed by atoms with Crippen molar-refractivity contribution in [3.8, 4) is 0 Å². The minimum Gasteiger partial charge on any atom is -0.507 e. The van der Waals surface area contributed by atoms with Gasteiger partial charge in [0.2, 0.25) is 5.91 Å². The Balaban J connectivity index is 1.22. The molecule has 10 unspecified atom stereocenters. The molecular weight excluding hydrogens is 859 g/mol. The first-order chi connectivity index (χ1) is 29.5. The predicted octanol–water partition coefficient (Wildman–Crippen LogP) is 0.746. The number of alkyl halides is 1. The first-order valence-corrected chi connectivity index (χ1v) is 20.7. The van der Waals surface area contributed by atoms with Crippen LogP contribution in [0.25, 0.3) is 0 Å². The minimum absolute atomic E-state index is 0.0647. The maximum atomic E-state index is 13.9. The third-order valence-corrected chi connectivity index (χ3v) is 11.3. The van der Waals surface area contributed by atoms with E-state index in [1.807, 2.05) is 19.1 Å². The maximum absolute atomic E-state index is 13.9. The Morgan fingerprint density at radius 1 is 0.839 bits per heavy atom. The van der Waals surface area contributed by atoms with Gasteiger partial charge >= 0.3 is 0 Å². The molecule has 0 saturated carbocycles. The molecule has 5 heterocycles. The summed E-state index contributed by atoms with van der Waals surface area (Å²) in [7, 11) is 1.34. The molecule has 0 aromatic heterocycles. The molecular formula is C42H54Cl2N2O16. The van der Waals surface area contributed by atoms with Gasteiger partial charge in [-0.3, -0.25) is 19.3 Å². The van der Waals surface area contributed by atoms with Crippen LogP contribution < -0.4 is 5.73 Å². The molecule has 5 aliphatic heterocycles. The van der Waals surface area contributed by atoms with Crippen molar-refractivity contribution in [1.29, 1.82) is 0 Å². The summed E-state index contributed by atoms with van der Waals surface area (Å²) < 4.78 is 39.5. The van der Waals surface area contributed by atoms with Crippen LogP contribution in [0.1, 0.15) is 26.7 Å². The summed E-state index contributed by atoms with van der Waals surface area (Å²) in [6.45, 7) is 2.61. The lowest BCUT2D eigenvalue weighted by Crippen LogP contribution is -2.65. The highest BCUT2D eigenvalue weighted by Gasteiger charge is 2.56. The Labute approximate surface area is 368 Å². The van der Waals surface area contributed by atoms with Gasteiger partial charge in [0.1, 0.15) is 66.2 Å². The molecule has 18 nitrogen and oxygen atoms in total. The molecule has 0 aliphatic carbocycles. The van der Waals surface area contributed by atoms with Gasteiger partial charge in [-0.05, 0) is 38.5 Å². The monoisotopic (exact) mass is 912 g/mol. The van der Waals surface area contributed by atoms with E-state index < -0.39 is 128 Å². The number of aliphatic hydroxyl groups is 6. The van der Waals surface area contributed by atoms with E-state index in [9.17, 15) is 45.0 Å². The second-order valence-corrected chi connectivity index (χ2v) is 16.1. The Bertz CT molecular complexity index is 1830. The number of carbonyl (C=O) groups excluding carboxylic acids is 3. The Morgan fingerprint density at radius 2 is 1.52 bits per heavy atom. The number of aliphatic hydroxyl groups excluding tert-OH is 6. The molecule has 62 heavy (non-hydrogen) atoms. The number of hydrogen-bond donors (Lipinski definition) is 7. The average Bonchev–Trinajstić information content (AvgIpc) is 3.79. The molecule has 5 aliphatic rings. The van der Waals surface area contributed by atoms with Crippen LogP contribution in [0, 0.1) is 0 Å². The van der Waals surface area contributed by atoms with Crippen molar-refractivity contribution in [3.05, 3.63) is 95.4 Å². The molecule has 2 amide bonds. The number of ether oxygens (including phenoxy) is 7. The zero-order valence-electron chi connectivity index (χ0n) is 34.1. The van der Waals surface area contributed by atoms with E-state index in [2.05, 4.69) is 0 Å². The van der Waals surface area contributed by atoms with E-state index in [1.54, 1.807) is 55.5 Å². The highest BCUT2D eigenvalue weighted by Crippen LogP contribution is 2.35. The number of methoxy groups -OCH3 is 1. The van der Waals surface area contributed by atoms with Gasteiger partial charge in [-0.25, -0.2) is 0 Å². The van der Waals surface area contributed by atoms with Crippen molar-refractivity contribution in [2.45, 2.75) is 124 Å². The van der Waals surface area contributed by atoms with Gasteiger partial charge in [-0.15, -0.1) is 11.6 Å². The van der Waals surface area contributed by atoms with Crippen molar-refractivity contribution in [1.82, 2.24) is 4.90 Å². The van der Waals surface area contributed by atoms with E-state index in [4.69, 9.17) is 62.1 Å². The van der Waals surface area contributed by atoms with Crippen LogP contribution in [-0.4, -0.2) is 171 Å². The molecule has 342 valence electrons. The Hall–Kier alpha value is -3.57. The number of hydrogen-bond acceptors (Lipinski definition) is 16. The highest BCUT2D eigenvalue weighted by molar-refractivity contribution is 6.31. The molecule has 5 rings (SSSR count). The van der Waals surface area contributed by atoms with Crippen LogP contribution in [0.3, 0.4) is 0 Å². The number of carbonyl (C=O) groups is 3. The van der Waals surface area contributed by atoms with E-state index in [-0.39, 0.29) is 17.6 Å². The van der Waals surface area contributed by atoms with E-state index in [0.29, 0.717) is 5.03 Å². The van der Waals surface area contributed by atoms with Gasteiger partial charge < -0.3 is 69.5 Å². The lowest BCUT2D eigenvalue weighted by Gasteiger charge is -2.46. The average molecular weight is 914 g/mol. The summed E-state index contributed by atoms with van der Waals surface area (Å²) in [4.78, 5) is 40.4. The third kappa shape index (κ3) is 12.2. The van der Waals surface area contributed by atoms with Crippen LogP contribution in [0.4, 0.5) is 0 Å². The first kappa shape index (κ1) is 49.4. The molecule has 5 saturated heterocycles. The summed E-state index contributed by atoms with van der Waals surface area (Å²) in [5.41, 5.74) is 4.72. The molecule has 0 radical (unpaired) electrons. The van der Waals surface area contributed by atoms with Crippen molar-refractivity contribution in [2.75, 3.05) is 20.3 Å². The standard InChI is InChI=1S/C42H54Cl2N2O16/c1-21-17-24(44)28(59-21)16-12-11-14-23(43)13-9-7-5-4-6-8-10-15-26(47)31-33(51)25(18-30(45)49)46(39(31)55)40-37(34(52)27(48)19-57-40)62-41-36(54)35(53)29(20-58-41)61-42-38(56-3)32(50)22(2)60-42/h4-16,21-22,24-25,27-29,32,34-38,40-42,47-48,50,52-54H,17-20H2,1-3H3,(H2,45,49)/b5-4+,8-6+,9-7+,14-11+,15-10+,16-12+,23-13-,31-26-/t21-,22-,24+,25+,27?,28?,29?,32-,34?,35?,36?,37?,38+,40?,41?,42?/m1/s1. The van der Waals surface area contributed by atoms with Crippen LogP contribution in [0.2, 0.25) is 0 Å². The molecule has 0 aromatic rings. The zero-order chi connectivity index (χ0) is 45.2. The number of ketones is 1. The summed E-state index contributed by atoms with van der Waals surface area (Å²) in [6.07, 6.45) is 4.23. The number of nitrogens with two attached hydrogens (primary N) is 1. The SMILES string of the molecule is CO[C@@H]1C(OC2COC(OC3C(O)C(O)COC3N3C(=O)/C(=C(O)/C=C/C=C/C=C/C=C/C=C(Cl)/C=C/C=C/C4O[C@H](C)C[C@@H]4Cl)C(=O)[C@@H]3CC(N)=O)C(O)C2O)O[C@H](C)[C@H]1O. The van der Waals surface area contributed by atoms with Crippen molar-refractivity contribution in [2.24, 2.45) is 5.73 Å². The Morgan fingerprint density at radius 3 is 2.18 bits per heavy atom. The molecule has 8 N–H and O–H groups in total. The number of primary amides is 1. The van der Waals surface area contributed by atoms with Gasteiger partial charge in [0.05, 0.1) is 43.3 Å². The second-order valence-electron chi connectivity index (χ2n) is 15.1. The van der Waals surface area contributed by atoms with Crippen molar-refractivity contribution >= 4 is 40.8 Å².